The highest BCUT2D eigenvalue weighted by atomic mass is 35.5. The molecule has 1 N–H and O–H groups in total. The summed E-state index contributed by atoms with van der Waals surface area (Å²) in [6.45, 7) is 3.09. The van der Waals surface area contributed by atoms with E-state index < -0.39 is 0 Å². The molecule has 1 heterocycles. The third-order valence-corrected chi connectivity index (χ3v) is 3.19. The van der Waals surface area contributed by atoms with Crippen LogP contribution in [0.15, 0.2) is 12.3 Å². The fourth-order valence-electron chi connectivity index (χ4n) is 1.68. The molecule has 0 amide bonds. The van der Waals surface area contributed by atoms with Crippen LogP contribution in [0.2, 0.25) is 5.15 Å². The van der Waals surface area contributed by atoms with E-state index in [1.807, 2.05) is 6.07 Å². The number of nitrogens with one attached hydrogen (secondary N) is 1. The van der Waals surface area contributed by atoms with E-state index in [0.717, 1.165) is 18.2 Å². The summed E-state index contributed by atoms with van der Waals surface area (Å²) >= 11 is 6.00. The Labute approximate surface area is 89.7 Å². The Kier molecular flexibility index (Phi) is 2.92. The summed E-state index contributed by atoms with van der Waals surface area (Å²) in [5, 5.41) is 3.98. The zero-order valence-corrected chi connectivity index (χ0v) is 9.14. The average molecular weight is 211 g/mol. The van der Waals surface area contributed by atoms with Crippen molar-refractivity contribution in [1.82, 2.24) is 4.98 Å². The number of pyridine rings is 1. The van der Waals surface area contributed by atoms with Crippen molar-refractivity contribution in [2.24, 2.45) is 5.92 Å². The molecule has 1 aliphatic rings. The Morgan fingerprint density at radius 3 is 2.93 bits per heavy atom. The van der Waals surface area contributed by atoms with Crippen LogP contribution in [0.1, 0.15) is 24.8 Å². The van der Waals surface area contributed by atoms with Crippen molar-refractivity contribution in [3.8, 4) is 0 Å². The summed E-state index contributed by atoms with van der Waals surface area (Å²) in [5.74, 6) is 0.839. The van der Waals surface area contributed by atoms with Crippen LogP contribution in [0.25, 0.3) is 0 Å². The molecular formula is C11H15ClN2. The minimum absolute atomic E-state index is 0.587. The summed E-state index contributed by atoms with van der Waals surface area (Å²) in [4.78, 5) is 4.06. The number of hydrogen-bond donors (Lipinski definition) is 1. The molecule has 1 aromatic rings. The van der Waals surface area contributed by atoms with Gasteiger partial charge in [-0.25, -0.2) is 4.98 Å². The largest absolute Gasteiger partial charge is 0.382 e. The van der Waals surface area contributed by atoms with Crippen LogP contribution in [-0.2, 0) is 0 Å². The van der Waals surface area contributed by atoms with Crippen LogP contribution in [0.5, 0.6) is 0 Å². The van der Waals surface area contributed by atoms with Gasteiger partial charge in [0.25, 0.3) is 0 Å². The average Bonchev–Trinajstić information content (AvgIpc) is 2.07. The second kappa shape index (κ2) is 4.18. The van der Waals surface area contributed by atoms with Gasteiger partial charge in [0.2, 0.25) is 0 Å². The van der Waals surface area contributed by atoms with Crippen molar-refractivity contribution in [3.05, 3.63) is 23.0 Å². The number of nitrogens with zero attached hydrogens (tertiary/aromatic N) is 1. The van der Waals surface area contributed by atoms with Crippen LogP contribution in [-0.4, -0.2) is 11.5 Å². The molecule has 0 spiro atoms. The fourth-order valence-corrected chi connectivity index (χ4v) is 1.95. The lowest BCUT2D eigenvalue weighted by molar-refractivity contribution is 0.333. The zero-order valence-electron chi connectivity index (χ0n) is 8.39. The molecule has 0 saturated heterocycles. The van der Waals surface area contributed by atoms with E-state index in [2.05, 4.69) is 17.2 Å². The lowest BCUT2D eigenvalue weighted by atomic mass is 9.85. The van der Waals surface area contributed by atoms with Gasteiger partial charge in [-0.1, -0.05) is 18.0 Å². The lowest BCUT2D eigenvalue weighted by Gasteiger charge is -2.26. The highest BCUT2D eigenvalue weighted by Gasteiger charge is 2.17. The molecule has 1 saturated carbocycles. The number of anilines is 1. The number of hydrogen-bond acceptors (Lipinski definition) is 2. The number of halogens is 1. The molecule has 2 nitrogen and oxygen atoms in total. The lowest BCUT2D eigenvalue weighted by Crippen LogP contribution is -2.21. The zero-order chi connectivity index (χ0) is 9.97. The fraction of sp³-hybridized carbons (Fsp3) is 0.545. The molecule has 1 aliphatic carbocycles. The van der Waals surface area contributed by atoms with Gasteiger partial charge in [-0.15, -0.1) is 0 Å². The molecule has 76 valence electrons. The first-order valence-corrected chi connectivity index (χ1v) is 5.50. The first-order chi connectivity index (χ1) is 6.77. The molecular weight excluding hydrogens is 196 g/mol. The summed E-state index contributed by atoms with van der Waals surface area (Å²) < 4.78 is 0. The van der Waals surface area contributed by atoms with E-state index in [9.17, 15) is 0 Å². The highest BCUT2D eigenvalue weighted by molar-refractivity contribution is 6.32. The van der Waals surface area contributed by atoms with Gasteiger partial charge in [-0.2, -0.15) is 0 Å². The molecule has 14 heavy (non-hydrogen) atoms. The van der Waals surface area contributed by atoms with Crippen molar-refractivity contribution >= 4 is 17.3 Å². The minimum Gasteiger partial charge on any atom is -0.382 e. The monoisotopic (exact) mass is 210 g/mol. The van der Waals surface area contributed by atoms with Crippen molar-refractivity contribution in [3.63, 3.8) is 0 Å². The van der Waals surface area contributed by atoms with Crippen molar-refractivity contribution in [2.45, 2.75) is 26.2 Å². The molecule has 0 bridgehead atoms. The second-order valence-corrected chi connectivity index (χ2v) is 4.33. The Hall–Kier alpha value is -0.760. The van der Waals surface area contributed by atoms with Gasteiger partial charge >= 0.3 is 0 Å². The quantitative estimate of drug-likeness (QED) is 0.775. The van der Waals surface area contributed by atoms with Gasteiger partial charge < -0.3 is 5.32 Å². The standard InChI is InChI=1S/C11H15ClN2/c1-8-5-6-13-11(12)10(8)14-7-9-3-2-4-9/h5-6,9,14H,2-4,7H2,1H3. The van der Waals surface area contributed by atoms with E-state index >= 15 is 0 Å². The molecule has 0 unspecified atom stereocenters. The Morgan fingerprint density at radius 2 is 2.36 bits per heavy atom. The first-order valence-electron chi connectivity index (χ1n) is 5.12. The summed E-state index contributed by atoms with van der Waals surface area (Å²) in [6, 6.07) is 1.98. The molecule has 2 rings (SSSR count). The predicted octanol–water partition coefficient (Wildman–Crippen LogP) is 3.26. The smallest absolute Gasteiger partial charge is 0.152 e. The Morgan fingerprint density at radius 1 is 1.57 bits per heavy atom. The molecule has 0 radical (unpaired) electrons. The van der Waals surface area contributed by atoms with E-state index in [0.29, 0.717) is 5.15 Å². The number of aromatic nitrogens is 1. The van der Waals surface area contributed by atoms with E-state index in [1.54, 1.807) is 6.20 Å². The van der Waals surface area contributed by atoms with E-state index in [1.165, 1.54) is 24.8 Å². The molecule has 3 heteroatoms. The molecule has 0 aliphatic heterocycles. The van der Waals surface area contributed by atoms with Crippen LogP contribution in [0.4, 0.5) is 5.69 Å². The Balaban J connectivity index is 2.00. The van der Waals surface area contributed by atoms with Gasteiger partial charge in [-0.3, -0.25) is 0 Å². The summed E-state index contributed by atoms with van der Waals surface area (Å²) in [6.07, 6.45) is 5.83. The molecule has 1 fully saturated rings. The van der Waals surface area contributed by atoms with Gasteiger partial charge in [-0.05, 0) is 37.3 Å². The minimum atomic E-state index is 0.587. The van der Waals surface area contributed by atoms with Crippen LogP contribution >= 0.6 is 11.6 Å². The molecule has 0 atom stereocenters. The topological polar surface area (TPSA) is 24.9 Å². The van der Waals surface area contributed by atoms with Gasteiger partial charge in [0, 0.05) is 12.7 Å². The van der Waals surface area contributed by atoms with E-state index in [-0.39, 0.29) is 0 Å². The van der Waals surface area contributed by atoms with Gasteiger partial charge in [0.1, 0.15) is 0 Å². The second-order valence-electron chi connectivity index (χ2n) is 3.97. The molecule has 1 aromatic heterocycles. The normalized spacial score (nSPS) is 16.4. The van der Waals surface area contributed by atoms with Crippen LogP contribution in [0.3, 0.4) is 0 Å². The van der Waals surface area contributed by atoms with Crippen molar-refractivity contribution in [2.75, 3.05) is 11.9 Å². The van der Waals surface area contributed by atoms with Crippen molar-refractivity contribution in [1.29, 1.82) is 0 Å². The third kappa shape index (κ3) is 2.01. The van der Waals surface area contributed by atoms with Crippen LogP contribution in [0, 0.1) is 12.8 Å². The van der Waals surface area contributed by atoms with Crippen molar-refractivity contribution < 1.29 is 0 Å². The van der Waals surface area contributed by atoms with Gasteiger partial charge in [0.15, 0.2) is 5.15 Å². The first kappa shape index (κ1) is 9.78. The van der Waals surface area contributed by atoms with E-state index in [4.69, 9.17) is 11.6 Å². The maximum atomic E-state index is 6.00. The highest BCUT2D eigenvalue weighted by Crippen LogP contribution is 2.28. The number of aryl methyl sites for hydroxylation is 1. The Bertz CT molecular complexity index is 301. The maximum absolute atomic E-state index is 6.00. The van der Waals surface area contributed by atoms with Crippen LogP contribution < -0.4 is 5.32 Å². The van der Waals surface area contributed by atoms with Gasteiger partial charge in [0.05, 0.1) is 5.69 Å². The maximum Gasteiger partial charge on any atom is 0.152 e. The predicted molar refractivity (Wildman–Crippen MR) is 59.8 cm³/mol. The summed E-state index contributed by atoms with van der Waals surface area (Å²) in [5.41, 5.74) is 2.17. The SMILES string of the molecule is Cc1ccnc(Cl)c1NCC1CCC1. The third-order valence-electron chi connectivity index (χ3n) is 2.91. The number of rotatable bonds is 3. The summed E-state index contributed by atoms with van der Waals surface area (Å²) in [7, 11) is 0. The molecule has 0 aromatic carbocycles.